The molecule has 0 aromatic heterocycles. The van der Waals surface area contributed by atoms with E-state index in [-0.39, 0.29) is 13.4 Å². The summed E-state index contributed by atoms with van der Waals surface area (Å²) < 4.78 is 0. The van der Waals surface area contributed by atoms with Crippen LogP contribution >= 0.6 is 23.5 Å². The third kappa shape index (κ3) is 11.7. The van der Waals surface area contributed by atoms with Gasteiger partial charge in [0.2, 0.25) is 13.4 Å². The van der Waals surface area contributed by atoms with E-state index in [1.165, 1.54) is 52.4 Å². The zero-order chi connectivity index (χ0) is 76.6. The molecule has 8 heteroatoms. The number of rotatable bonds is 15. The van der Waals surface area contributed by atoms with E-state index in [0.29, 0.717) is 0 Å². The summed E-state index contributed by atoms with van der Waals surface area (Å²) in [6, 6.07) is 163. The van der Waals surface area contributed by atoms with Gasteiger partial charge in [0.05, 0.1) is 22.7 Å². The molecule has 0 aliphatic carbocycles. The van der Waals surface area contributed by atoms with Crippen molar-refractivity contribution in [2.45, 2.75) is 19.6 Å². The Hall–Kier alpha value is -14.0. The smallest absolute Gasteiger partial charge is 0.249 e. The highest BCUT2D eigenvalue weighted by molar-refractivity contribution is 8.00. The summed E-state index contributed by atoms with van der Waals surface area (Å²) in [5.74, 6) is 0. The van der Waals surface area contributed by atoms with Gasteiger partial charge in [0, 0.05) is 104 Å². The number of nitrogens with zero attached hydrogens (tertiary/aromatic N) is 4. The molecule has 0 atom stereocenters. The molecule has 0 amide bonds. The van der Waals surface area contributed by atoms with Crippen LogP contribution in [-0.2, 0) is 0 Å². The number of fused-ring (bicyclic) bond motifs is 8. The first-order valence-electron chi connectivity index (χ1n) is 39.9. The van der Waals surface area contributed by atoms with Crippen LogP contribution < -0.4 is 52.4 Å². The molecule has 4 aliphatic rings. The van der Waals surface area contributed by atoms with Gasteiger partial charge in [-0.2, -0.15) is 0 Å². The van der Waals surface area contributed by atoms with Gasteiger partial charge in [-0.15, -0.1) is 0 Å². The predicted molar refractivity (Wildman–Crippen MR) is 494 cm³/mol. The fourth-order valence-corrected chi connectivity index (χ4v) is 21.0. The summed E-state index contributed by atoms with van der Waals surface area (Å²) in [5.41, 5.74) is 36.8. The maximum atomic E-state index is 2.68. The van der Waals surface area contributed by atoms with E-state index < -0.39 is 0 Å². The SMILES string of the molecule is c1ccc(-c2ccccc2N2c3cc4c(cc3B3c5ccccc5Sc5cc(N(c6ccccc6)c6c(-c7ccccc7)cccc6-c6ccccc6)cc2c53)B2c3ccccc3N(c3c(-c5ccccc5)cccc3-c3ccccc3)c3cc(N(c5ccccc5)c5c(-c6ccccc6)cccc5-c5ccccc5)cc(c32)S4)cc1. The molecule has 116 heavy (non-hydrogen) atoms. The number of para-hydroxylation sites is 7. The highest BCUT2D eigenvalue weighted by Crippen LogP contribution is 2.56. The summed E-state index contributed by atoms with van der Waals surface area (Å²) in [7, 11) is 0. The quantitative estimate of drug-likeness (QED) is 0.0942. The second-order valence-electron chi connectivity index (χ2n) is 30.1. The van der Waals surface area contributed by atoms with Crippen LogP contribution in [0.4, 0.5) is 68.2 Å². The molecule has 0 radical (unpaired) electrons. The molecule has 542 valence electrons. The molecule has 18 aromatic rings. The molecular weight excluding hydrogens is 1440 g/mol. The molecule has 0 unspecified atom stereocenters. The van der Waals surface area contributed by atoms with Crippen molar-refractivity contribution in [1.29, 1.82) is 0 Å². The van der Waals surface area contributed by atoms with Crippen molar-refractivity contribution in [3.05, 3.63) is 437 Å². The van der Waals surface area contributed by atoms with Crippen LogP contribution in [0.15, 0.2) is 456 Å². The maximum Gasteiger partial charge on any atom is 0.249 e. The van der Waals surface area contributed by atoms with E-state index in [2.05, 4.69) is 456 Å². The zero-order valence-electron chi connectivity index (χ0n) is 63.3. The van der Waals surface area contributed by atoms with Crippen molar-refractivity contribution in [3.8, 4) is 77.9 Å². The normalized spacial score (nSPS) is 12.5. The van der Waals surface area contributed by atoms with E-state index in [1.54, 1.807) is 0 Å². The van der Waals surface area contributed by atoms with Crippen LogP contribution in [0.2, 0.25) is 0 Å². The molecule has 4 aliphatic heterocycles. The van der Waals surface area contributed by atoms with Gasteiger partial charge < -0.3 is 19.6 Å². The first kappa shape index (κ1) is 68.8. The Balaban J connectivity index is 0.841. The fourth-order valence-electron chi connectivity index (χ4n) is 18.6. The van der Waals surface area contributed by atoms with Crippen LogP contribution in [0, 0.1) is 0 Å². The first-order chi connectivity index (χ1) is 57.6. The maximum absolute atomic E-state index is 2.68. The van der Waals surface area contributed by atoms with Crippen LogP contribution in [0.5, 0.6) is 0 Å². The second-order valence-corrected chi connectivity index (χ2v) is 32.2. The lowest BCUT2D eigenvalue weighted by atomic mass is 9.31. The highest BCUT2D eigenvalue weighted by Gasteiger charge is 2.48. The number of anilines is 12. The zero-order valence-corrected chi connectivity index (χ0v) is 65.0. The summed E-state index contributed by atoms with van der Waals surface area (Å²) in [4.78, 5) is 15.3. The third-order valence-electron chi connectivity index (χ3n) is 23.5. The van der Waals surface area contributed by atoms with Gasteiger partial charge in [0.25, 0.3) is 0 Å². The Labute approximate surface area is 686 Å². The van der Waals surface area contributed by atoms with E-state index in [9.17, 15) is 0 Å². The topological polar surface area (TPSA) is 13.0 Å². The van der Waals surface area contributed by atoms with Crippen LogP contribution in [0.1, 0.15) is 0 Å². The monoisotopic (exact) mass is 1510 g/mol. The number of benzene rings is 18. The predicted octanol–water partition coefficient (Wildman–Crippen LogP) is 25.8. The molecule has 4 nitrogen and oxygen atoms in total. The molecule has 18 aromatic carbocycles. The average molecular weight is 1510 g/mol. The standard InChI is InChI=1S/C108H72B2N4S2/c1-10-37-73(38-11-1)84-55-28-31-64-95(84)113-97-72-101-94(71-93(97)110-92-63-30-33-66-100(92)115-102-69-82(67-98(113)104(102)110)111(80-51-24-8-25-52-80)106-85(74-39-12-2-13-40-74)56-34-57-86(106)75-41-14-3-15-42-75)109-91-62-29-32-65-96(91)114(108-89(78-47-20-6-21-48-78)60-36-61-90(108)79-49-22-7-23-50-79)99-68-83(70-103(116-101)105(99)109)112(81-53-26-9-27-54-81)107-87(76-43-16-4-17-44-76)58-35-59-88(107)77-45-18-5-19-46-77/h1-72H. The lowest BCUT2D eigenvalue weighted by Crippen LogP contribution is -2.64. The van der Waals surface area contributed by atoms with Gasteiger partial charge in [-0.3, -0.25) is 0 Å². The summed E-state index contributed by atoms with van der Waals surface area (Å²) in [6.45, 7) is -0.371. The second kappa shape index (κ2) is 29.2. The molecule has 0 saturated carbocycles. The highest BCUT2D eigenvalue weighted by atomic mass is 32.2. The van der Waals surface area contributed by atoms with Gasteiger partial charge in [0.15, 0.2) is 0 Å². The third-order valence-corrected chi connectivity index (χ3v) is 25.8. The molecule has 4 heterocycles. The average Bonchev–Trinajstić information content (AvgIpc) is 0.689. The van der Waals surface area contributed by atoms with E-state index >= 15 is 0 Å². The Kier molecular flexibility index (Phi) is 17.3. The van der Waals surface area contributed by atoms with E-state index in [0.717, 1.165) is 146 Å². The Morgan fingerprint density at radius 3 is 0.966 bits per heavy atom. The van der Waals surface area contributed by atoms with Crippen molar-refractivity contribution in [3.63, 3.8) is 0 Å². The number of hydrogen-bond acceptors (Lipinski definition) is 6. The van der Waals surface area contributed by atoms with Crippen LogP contribution in [0.3, 0.4) is 0 Å². The van der Waals surface area contributed by atoms with Gasteiger partial charge >= 0.3 is 0 Å². The summed E-state index contributed by atoms with van der Waals surface area (Å²) >= 11 is 3.82. The molecule has 0 saturated heterocycles. The largest absolute Gasteiger partial charge is 0.311 e. The molecular formula is C108H72B2N4S2. The Morgan fingerprint density at radius 2 is 0.517 bits per heavy atom. The van der Waals surface area contributed by atoms with Gasteiger partial charge in [-0.05, 0) is 134 Å². The Bertz CT molecular complexity index is 6610. The van der Waals surface area contributed by atoms with Crippen molar-refractivity contribution < 1.29 is 0 Å². The summed E-state index contributed by atoms with van der Waals surface area (Å²) in [5, 5.41) is 0. The molecule has 22 rings (SSSR count). The van der Waals surface area contributed by atoms with Crippen molar-refractivity contribution in [2.24, 2.45) is 0 Å². The molecule has 0 fully saturated rings. The first-order valence-corrected chi connectivity index (χ1v) is 41.5. The van der Waals surface area contributed by atoms with Crippen LogP contribution in [-0.4, -0.2) is 13.4 Å². The van der Waals surface area contributed by atoms with Gasteiger partial charge in [-0.25, -0.2) is 0 Å². The van der Waals surface area contributed by atoms with Gasteiger partial charge in [0.1, 0.15) is 0 Å². The lowest BCUT2D eigenvalue weighted by molar-refractivity contribution is 1.22. The van der Waals surface area contributed by atoms with Crippen LogP contribution in [0.25, 0.3) is 77.9 Å². The lowest BCUT2D eigenvalue weighted by Gasteiger charge is -2.45. The van der Waals surface area contributed by atoms with Gasteiger partial charge in [-0.1, -0.05) is 398 Å². The Morgan fingerprint density at radius 1 is 0.190 bits per heavy atom. The summed E-state index contributed by atoms with van der Waals surface area (Å²) in [6.07, 6.45) is 0. The minimum atomic E-state index is -0.210. The minimum Gasteiger partial charge on any atom is -0.311 e. The van der Waals surface area contributed by atoms with E-state index in [1.807, 2.05) is 23.5 Å². The molecule has 0 bridgehead atoms. The van der Waals surface area contributed by atoms with E-state index in [4.69, 9.17) is 0 Å². The molecule has 0 spiro atoms. The van der Waals surface area contributed by atoms with Crippen molar-refractivity contribution in [1.82, 2.24) is 0 Å². The van der Waals surface area contributed by atoms with Crippen molar-refractivity contribution >= 4 is 138 Å². The fraction of sp³-hybridized carbons (Fsp3) is 0. The number of hydrogen-bond donors (Lipinski definition) is 0. The minimum absolute atomic E-state index is 0.161. The van der Waals surface area contributed by atoms with Crippen molar-refractivity contribution in [2.75, 3.05) is 19.6 Å². The molecule has 0 N–H and O–H groups in total.